The van der Waals surface area contributed by atoms with Crippen molar-refractivity contribution < 1.29 is 19.5 Å². The molecule has 8 heteroatoms. The van der Waals surface area contributed by atoms with E-state index in [9.17, 15) is 14.4 Å². The molecule has 22 heavy (non-hydrogen) atoms. The van der Waals surface area contributed by atoms with Crippen LogP contribution < -0.4 is 4.90 Å². The summed E-state index contributed by atoms with van der Waals surface area (Å²) in [5.74, 6) is -1.18. The van der Waals surface area contributed by atoms with E-state index in [1.807, 2.05) is 0 Å². The van der Waals surface area contributed by atoms with Gasteiger partial charge in [0.25, 0.3) is 0 Å². The van der Waals surface area contributed by atoms with Gasteiger partial charge in [-0.15, -0.1) is 0 Å². The van der Waals surface area contributed by atoms with Crippen molar-refractivity contribution in [2.45, 2.75) is 37.8 Å². The molecule has 0 spiro atoms. The zero-order valence-electron chi connectivity index (χ0n) is 12.3. The molecule has 2 aliphatic heterocycles. The third kappa shape index (κ3) is 2.44. The van der Waals surface area contributed by atoms with Crippen LogP contribution >= 0.6 is 0 Å². The molecule has 3 rings (SSSR count). The molecule has 0 aliphatic carbocycles. The summed E-state index contributed by atoms with van der Waals surface area (Å²) in [4.78, 5) is 38.4. The van der Waals surface area contributed by atoms with Crippen molar-refractivity contribution in [2.75, 3.05) is 11.4 Å². The van der Waals surface area contributed by atoms with Gasteiger partial charge >= 0.3 is 5.97 Å². The fourth-order valence-electron chi connectivity index (χ4n) is 3.38. The maximum Gasteiger partial charge on any atom is 0.303 e. The van der Waals surface area contributed by atoms with E-state index >= 15 is 0 Å². The molecule has 8 nitrogen and oxygen atoms in total. The Labute approximate surface area is 127 Å². The van der Waals surface area contributed by atoms with Crippen LogP contribution in [0.5, 0.6) is 0 Å². The zero-order chi connectivity index (χ0) is 15.9. The molecule has 0 saturated carbocycles. The third-order valence-corrected chi connectivity index (χ3v) is 4.34. The predicted octanol–water partition coefficient (Wildman–Crippen LogP) is -0.00890. The lowest BCUT2D eigenvalue weighted by atomic mass is 10.1. The highest BCUT2D eigenvalue weighted by atomic mass is 16.4. The fourth-order valence-corrected chi connectivity index (χ4v) is 3.38. The molecule has 3 heterocycles. The minimum absolute atomic E-state index is 0.0142. The van der Waals surface area contributed by atoms with Crippen molar-refractivity contribution in [1.29, 1.82) is 0 Å². The number of carbonyl (C=O) groups excluding carboxylic acids is 2. The molecule has 118 valence electrons. The van der Waals surface area contributed by atoms with Crippen LogP contribution in [0.15, 0.2) is 12.4 Å². The summed E-state index contributed by atoms with van der Waals surface area (Å²) in [6.45, 7) is 0.567. The average molecular weight is 306 g/mol. The van der Waals surface area contributed by atoms with Crippen molar-refractivity contribution in [2.24, 2.45) is 7.05 Å². The van der Waals surface area contributed by atoms with E-state index in [2.05, 4.69) is 5.10 Å². The van der Waals surface area contributed by atoms with Gasteiger partial charge in [0.1, 0.15) is 0 Å². The van der Waals surface area contributed by atoms with Crippen molar-refractivity contribution >= 4 is 23.5 Å². The number of hydrogen-bond acceptors (Lipinski definition) is 4. The topological polar surface area (TPSA) is 95.7 Å². The van der Waals surface area contributed by atoms with Gasteiger partial charge in [0.2, 0.25) is 11.8 Å². The van der Waals surface area contributed by atoms with Gasteiger partial charge in [-0.2, -0.15) is 5.10 Å². The van der Waals surface area contributed by atoms with E-state index in [1.165, 1.54) is 0 Å². The maximum atomic E-state index is 12.3. The summed E-state index contributed by atoms with van der Waals surface area (Å²) in [6.07, 6.45) is 4.25. The maximum absolute atomic E-state index is 12.3. The molecule has 1 N–H and O–H groups in total. The SMILES string of the molecule is Cn1cc(N2C(=O)C[C@H]3[C@@H]2CCN3C(=O)CCC(=O)O)cn1. The van der Waals surface area contributed by atoms with Crippen LogP contribution in [0.25, 0.3) is 0 Å². The third-order valence-electron chi connectivity index (χ3n) is 4.34. The number of anilines is 1. The number of fused-ring (bicyclic) bond motifs is 1. The molecular weight excluding hydrogens is 288 g/mol. The molecule has 1 aromatic heterocycles. The molecule has 0 bridgehead atoms. The standard InChI is InChI=1S/C14H18N4O4/c1-16-8-9(7-15-16)18-10-4-5-17(11(10)6-13(18)20)12(19)2-3-14(21)22/h7-8,10-11H,2-6H2,1H3,(H,21,22)/t10-,11-/m0/s1. The first-order chi connectivity index (χ1) is 10.5. The van der Waals surface area contributed by atoms with Crippen LogP contribution in [0.1, 0.15) is 25.7 Å². The van der Waals surface area contributed by atoms with Gasteiger partial charge in [-0.05, 0) is 6.42 Å². The predicted molar refractivity (Wildman–Crippen MR) is 76.1 cm³/mol. The highest BCUT2D eigenvalue weighted by Crippen LogP contribution is 2.36. The van der Waals surface area contributed by atoms with Gasteiger partial charge in [-0.3, -0.25) is 19.1 Å². The van der Waals surface area contributed by atoms with Crippen LogP contribution in [0.3, 0.4) is 0 Å². The lowest BCUT2D eigenvalue weighted by molar-refractivity contribution is -0.141. The summed E-state index contributed by atoms with van der Waals surface area (Å²) in [7, 11) is 1.79. The van der Waals surface area contributed by atoms with E-state index in [-0.39, 0.29) is 36.7 Å². The minimum Gasteiger partial charge on any atom is -0.481 e. The summed E-state index contributed by atoms with van der Waals surface area (Å²) < 4.78 is 1.64. The van der Waals surface area contributed by atoms with E-state index in [4.69, 9.17) is 5.11 Å². The number of carbonyl (C=O) groups is 3. The van der Waals surface area contributed by atoms with Crippen molar-refractivity contribution in [3.05, 3.63) is 12.4 Å². The number of aliphatic carboxylic acids is 1. The smallest absolute Gasteiger partial charge is 0.303 e. The van der Waals surface area contributed by atoms with Gasteiger partial charge in [0.15, 0.2) is 0 Å². The van der Waals surface area contributed by atoms with E-state index < -0.39 is 5.97 Å². The number of carboxylic acid groups (broad SMARTS) is 1. The molecule has 0 aromatic carbocycles. The highest BCUT2D eigenvalue weighted by Gasteiger charge is 2.48. The zero-order valence-corrected chi connectivity index (χ0v) is 12.3. The van der Waals surface area contributed by atoms with Crippen molar-refractivity contribution in [1.82, 2.24) is 14.7 Å². The molecule has 0 radical (unpaired) electrons. The first-order valence-electron chi connectivity index (χ1n) is 7.29. The first kappa shape index (κ1) is 14.6. The Kier molecular flexibility index (Phi) is 3.59. The Morgan fingerprint density at radius 1 is 1.36 bits per heavy atom. The Morgan fingerprint density at radius 2 is 2.14 bits per heavy atom. The van der Waals surface area contributed by atoms with Crippen LogP contribution in [-0.2, 0) is 21.4 Å². The van der Waals surface area contributed by atoms with E-state index in [0.29, 0.717) is 19.4 Å². The van der Waals surface area contributed by atoms with Crippen LogP contribution in [0.4, 0.5) is 5.69 Å². The Bertz CT molecular complexity index is 626. The Balaban J connectivity index is 1.73. The number of aromatic nitrogens is 2. The Morgan fingerprint density at radius 3 is 2.77 bits per heavy atom. The lowest BCUT2D eigenvalue weighted by Gasteiger charge is -2.24. The van der Waals surface area contributed by atoms with Crippen LogP contribution in [0, 0.1) is 0 Å². The molecule has 2 fully saturated rings. The first-order valence-corrected chi connectivity index (χ1v) is 7.29. The van der Waals surface area contributed by atoms with Crippen LogP contribution in [0.2, 0.25) is 0 Å². The molecular formula is C14H18N4O4. The fraction of sp³-hybridized carbons (Fsp3) is 0.571. The summed E-state index contributed by atoms with van der Waals surface area (Å²) in [6, 6.07) is -0.195. The largest absolute Gasteiger partial charge is 0.481 e. The minimum atomic E-state index is -0.983. The Hall–Kier alpha value is -2.38. The van der Waals surface area contributed by atoms with Gasteiger partial charge in [0, 0.05) is 32.6 Å². The van der Waals surface area contributed by atoms with Crippen molar-refractivity contribution in [3.8, 4) is 0 Å². The number of nitrogens with zero attached hydrogens (tertiary/aromatic N) is 4. The second-order valence-corrected chi connectivity index (χ2v) is 5.74. The number of aryl methyl sites for hydroxylation is 1. The number of amides is 2. The normalized spacial score (nSPS) is 24.0. The average Bonchev–Trinajstić information content (AvgIpc) is 3.11. The second-order valence-electron chi connectivity index (χ2n) is 5.74. The molecule has 2 saturated heterocycles. The quantitative estimate of drug-likeness (QED) is 0.844. The number of hydrogen-bond donors (Lipinski definition) is 1. The van der Waals surface area contributed by atoms with Gasteiger partial charge < -0.3 is 14.9 Å². The summed E-state index contributed by atoms with van der Waals surface area (Å²) in [5, 5.41) is 12.8. The molecule has 2 amide bonds. The number of likely N-dealkylation sites (tertiary alicyclic amines) is 1. The monoisotopic (exact) mass is 306 g/mol. The molecule has 2 atom stereocenters. The summed E-state index contributed by atoms with van der Waals surface area (Å²) in [5.41, 5.74) is 0.750. The second kappa shape index (κ2) is 5.43. The van der Waals surface area contributed by atoms with E-state index in [0.717, 1.165) is 5.69 Å². The molecule has 2 aliphatic rings. The number of rotatable bonds is 4. The summed E-state index contributed by atoms with van der Waals surface area (Å²) >= 11 is 0. The highest BCUT2D eigenvalue weighted by molar-refractivity contribution is 5.98. The number of carboxylic acids is 1. The lowest BCUT2D eigenvalue weighted by Crippen LogP contribution is -2.40. The van der Waals surface area contributed by atoms with Crippen LogP contribution in [-0.4, -0.2) is 56.2 Å². The molecule has 0 unspecified atom stereocenters. The van der Waals surface area contributed by atoms with Gasteiger partial charge in [-0.25, -0.2) is 0 Å². The van der Waals surface area contributed by atoms with Gasteiger partial charge in [0.05, 0.1) is 30.4 Å². The molecule has 1 aromatic rings. The van der Waals surface area contributed by atoms with Gasteiger partial charge in [-0.1, -0.05) is 0 Å². The van der Waals surface area contributed by atoms with E-state index in [1.54, 1.807) is 33.9 Å². The van der Waals surface area contributed by atoms with Crippen molar-refractivity contribution in [3.63, 3.8) is 0 Å².